The van der Waals surface area contributed by atoms with E-state index in [-0.39, 0.29) is 24.1 Å². The van der Waals surface area contributed by atoms with Crippen molar-refractivity contribution in [2.24, 2.45) is 0 Å². The second kappa shape index (κ2) is 7.04. The van der Waals surface area contributed by atoms with Gasteiger partial charge in [0, 0.05) is 44.7 Å². The molecule has 25 heavy (non-hydrogen) atoms. The maximum Gasteiger partial charge on any atom is 0.317 e. The van der Waals surface area contributed by atoms with Gasteiger partial charge in [-0.1, -0.05) is 30.3 Å². The Labute approximate surface area is 148 Å². The molecule has 1 aromatic carbocycles. The van der Waals surface area contributed by atoms with E-state index in [1.165, 1.54) is 5.56 Å². The molecule has 3 aliphatic rings. The molecule has 0 spiro atoms. The van der Waals surface area contributed by atoms with Gasteiger partial charge < -0.3 is 19.9 Å². The number of rotatable bonds is 3. The number of hydrogen-bond acceptors (Lipinski definition) is 3. The Hall–Kier alpha value is -2.08. The molecule has 1 N–H and O–H groups in total. The molecular formula is C19H25N3O3. The predicted molar refractivity (Wildman–Crippen MR) is 93.2 cm³/mol. The fourth-order valence-electron chi connectivity index (χ4n) is 3.78. The zero-order valence-electron chi connectivity index (χ0n) is 14.4. The summed E-state index contributed by atoms with van der Waals surface area (Å²) in [7, 11) is 0. The number of hydrogen-bond donors (Lipinski definition) is 1. The van der Waals surface area contributed by atoms with E-state index < -0.39 is 0 Å². The molecule has 0 radical (unpaired) electrons. The van der Waals surface area contributed by atoms with Crippen molar-refractivity contribution in [1.82, 2.24) is 15.1 Å². The Morgan fingerprint density at radius 3 is 2.44 bits per heavy atom. The zero-order valence-corrected chi connectivity index (χ0v) is 14.4. The van der Waals surface area contributed by atoms with Crippen molar-refractivity contribution in [1.29, 1.82) is 0 Å². The molecule has 2 heterocycles. The topological polar surface area (TPSA) is 61.9 Å². The average molecular weight is 343 g/mol. The molecule has 0 aromatic heterocycles. The van der Waals surface area contributed by atoms with Crippen molar-refractivity contribution < 1.29 is 14.3 Å². The van der Waals surface area contributed by atoms with Gasteiger partial charge in [0.25, 0.3) is 5.91 Å². The Morgan fingerprint density at radius 1 is 1.04 bits per heavy atom. The number of urea groups is 1. The van der Waals surface area contributed by atoms with Crippen LogP contribution in [0.3, 0.4) is 0 Å². The van der Waals surface area contributed by atoms with Crippen LogP contribution in [0.4, 0.5) is 4.79 Å². The molecule has 134 valence electrons. The number of ether oxygens (including phenoxy) is 1. The third-order valence-electron chi connectivity index (χ3n) is 5.41. The van der Waals surface area contributed by atoms with Crippen LogP contribution >= 0.6 is 0 Å². The largest absolute Gasteiger partial charge is 0.368 e. The van der Waals surface area contributed by atoms with E-state index in [0.29, 0.717) is 38.7 Å². The first kappa shape index (κ1) is 16.4. The Morgan fingerprint density at radius 2 is 1.76 bits per heavy atom. The summed E-state index contributed by atoms with van der Waals surface area (Å²) in [6, 6.07) is 10.6. The molecule has 0 bridgehead atoms. The van der Waals surface area contributed by atoms with E-state index >= 15 is 0 Å². The molecule has 3 amide bonds. The van der Waals surface area contributed by atoms with Gasteiger partial charge in [-0.3, -0.25) is 4.79 Å². The molecule has 6 heteroatoms. The normalized spacial score (nSPS) is 28.7. The smallest absolute Gasteiger partial charge is 0.317 e. The first-order chi connectivity index (χ1) is 12.2. The molecule has 2 saturated heterocycles. The second-order valence-corrected chi connectivity index (χ2v) is 7.12. The summed E-state index contributed by atoms with van der Waals surface area (Å²) in [6.07, 6.45) is 2.52. The van der Waals surface area contributed by atoms with Crippen LogP contribution in [0.1, 0.15) is 30.7 Å². The van der Waals surface area contributed by atoms with Crippen LogP contribution in [-0.2, 0) is 9.53 Å². The van der Waals surface area contributed by atoms with Crippen molar-refractivity contribution >= 4 is 11.9 Å². The van der Waals surface area contributed by atoms with E-state index in [1.807, 2.05) is 28.0 Å². The van der Waals surface area contributed by atoms with Gasteiger partial charge in [-0.2, -0.15) is 0 Å². The van der Waals surface area contributed by atoms with Crippen molar-refractivity contribution in [3.63, 3.8) is 0 Å². The van der Waals surface area contributed by atoms with Crippen molar-refractivity contribution in [3.05, 3.63) is 35.9 Å². The third-order valence-corrected chi connectivity index (χ3v) is 5.41. The van der Waals surface area contributed by atoms with Crippen LogP contribution in [0.25, 0.3) is 0 Å². The number of piperazine rings is 1. The lowest BCUT2D eigenvalue weighted by Crippen LogP contribution is -2.55. The minimum atomic E-state index is -0.265. The van der Waals surface area contributed by atoms with E-state index in [2.05, 4.69) is 17.4 Å². The summed E-state index contributed by atoms with van der Waals surface area (Å²) in [4.78, 5) is 28.4. The fraction of sp³-hybridized carbons (Fsp3) is 0.579. The van der Waals surface area contributed by atoms with Gasteiger partial charge in [-0.05, 0) is 24.8 Å². The summed E-state index contributed by atoms with van der Waals surface area (Å²) in [5, 5.41) is 3.13. The van der Waals surface area contributed by atoms with Gasteiger partial charge in [0.15, 0.2) is 0 Å². The van der Waals surface area contributed by atoms with E-state index in [4.69, 9.17) is 4.74 Å². The lowest BCUT2D eigenvalue weighted by atomic mass is 10.1. The summed E-state index contributed by atoms with van der Waals surface area (Å²) in [5.41, 5.74) is 1.29. The van der Waals surface area contributed by atoms with Gasteiger partial charge >= 0.3 is 6.03 Å². The predicted octanol–water partition coefficient (Wildman–Crippen LogP) is 1.58. The van der Waals surface area contributed by atoms with Crippen LogP contribution in [0.2, 0.25) is 0 Å². The van der Waals surface area contributed by atoms with E-state index in [1.54, 1.807) is 0 Å². The number of nitrogens with zero attached hydrogens (tertiary/aromatic N) is 2. The molecular weight excluding hydrogens is 318 g/mol. The van der Waals surface area contributed by atoms with E-state index in [9.17, 15) is 9.59 Å². The van der Waals surface area contributed by atoms with Crippen LogP contribution < -0.4 is 5.32 Å². The van der Waals surface area contributed by atoms with Crippen LogP contribution in [-0.4, -0.2) is 66.7 Å². The number of carbonyl (C=O) groups is 2. The van der Waals surface area contributed by atoms with Gasteiger partial charge in [0.1, 0.15) is 6.10 Å². The number of benzene rings is 1. The van der Waals surface area contributed by atoms with Crippen LogP contribution in [0.5, 0.6) is 0 Å². The van der Waals surface area contributed by atoms with Gasteiger partial charge in [-0.25, -0.2) is 4.79 Å². The van der Waals surface area contributed by atoms with Crippen LogP contribution in [0.15, 0.2) is 30.3 Å². The molecule has 6 nitrogen and oxygen atoms in total. The number of amides is 3. The molecule has 3 atom stereocenters. The third kappa shape index (κ3) is 3.63. The van der Waals surface area contributed by atoms with Crippen LogP contribution in [0, 0.1) is 0 Å². The number of nitrogens with one attached hydrogen (secondary N) is 1. The standard InChI is InChI=1S/C19H25N3O3/c23-18(17-7-4-12-25-17)21-8-10-22(11-9-21)19(24)20-16-13-15(16)14-5-2-1-3-6-14/h1-3,5-6,15-17H,4,7-13H2,(H,20,24). The Kier molecular flexibility index (Phi) is 4.61. The highest BCUT2D eigenvalue weighted by Crippen LogP contribution is 2.40. The minimum absolute atomic E-state index is 0.00681. The first-order valence-electron chi connectivity index (χ1n) is 9.23. The van der Waals surface area contributed by atoms with E-state index in [0.717, 1.165) is 19.3 Å². The maximum absolute atomic E-state index is 12.4. The quantitative estimate of drug-likeness (QED) is 0.906. The molecule has 3 fully saturated rings. The number of carbonyl (C=O) groups excluding carboxylic acids is 2. The van der Waals surface area contributed by atoms with Gasteiger partial charge in [0.05, 0.1) is 0 Å². The highest BCUT2D eigenvalue weighted by atomic mass is 16.5. The lowest BCUT2D eigenvalue weighted by Gasteiger charge is -2.35. The van der Waals surface area contributed by atoms with Crippen molar-refractivity contribution in [2.45, 2.75) is 37.3 Å². The molecule has 4 rings (SSSR count). The summed E-state index contributed by atoms with van der Waals surface area (Å²) in [5.74, 6) is 0.524. The zero-order chi connectivity index (χ0) is 17.2. The highest BCUT2D eigenvalue weighted by molar-refractivity contribution is 5.82. The highest BCUT2D eigenvalue weighted by Gasteiger charge is 2.40. The summed E-state index contributed by atoms with van der Waals surface area (Å²) in [6.45, 7) is 3.06. The summed E-state index contributed by atoms with van der Waals surface area (Å²) >= 11 is 0. The van der Waals surface area contributed by atoms with Crippen molar-refractivity contribution in [2.75, 3.05) is 32.8 Å². The monoisotopic (exact) mass is 343 g/mol. The first-order valence-corrected chi connectivity index (χ1v) is 9.23. The van der Waals surface area contributed by atoms with Crippen molar-refractivity contribution in [3.8, 4) is 0 Å². The molecule has 1 aliphatic carbocycles. The average Bonchev–Trinajstić information content (AvgIpc) is 3.20. The molecule has 3 unspecified atom stereocenters. The second-order valence-electron chi connectivity index (χ2n) is 7.12. The fourth-order valence-corrected chi connectivity index (χ4v) is 3.78. The maximum atomic E-state index is 12.4. The molecule has 1 aromatic rings. The van der Waals surface area contributed by atoms with Gasteiger partial charge in [0.2, 0.25) is 0 Å². The lowest BCUT2D eigenvalue weighted by molar-refractivity contribution is -0.142. The molecule has 2 aliphatic heterocycles. The summed E-state index contributed by atoms with van der Waals surface area (Å²) < 4.78 is 5.47. The minimum Gasteiger partial charge on any atom is -0.368 e. The Bertz CT molecular complexity index is 622. The Balaban J connectivity index is 1.23. The SMILES string of the molecule is O=C(NC1CC1c1ccccc1)N1CCN(C(=O)C2CCCO2)CC1. The van der Waals surface area contributed by atoms with Gasteiger partial charge in [-0.15, -0.1) is 0 Å². The molecule has 1 saturated carbocycles.